The van der Waals surface area contributed by atoms with Crippen LogP contribution in [0.4, 0.5) is 0 Å². The number of carbonyl (C=O) groups is 3. The quantitative estimate of drug-likeness (QED) is 0.585. The highest BCUT2D eigenvalue weighted by Crippen LogP contribution is 2.57. The molecule has 2 aliphatic carbocycles. The summed E-state index contributed by atoms with van der Waals surface area (Å²) in [5.74, 6) is -0.898. The summed E-state index contributed by atoms with van der Waals surface area (Å²) in [5, 5.41) is 0.836. The van der Waals surface area contributed by atoms with Crippen LogP contribution in [0.15, 0.2) is 30.5 Å². The van der Waals surface area contributed by atoms with Gasteiger partial charge in [0.25, 0.3) is 0 Å². The zero-order chi connectivity index (χ0) is 21.0. The molecular weight excluding hydrogens is 382 g/mol. The average Bonchev–Trinajstić information content (AvgIpc) is 3.45. The highest BCUT2D eigenvalue weighted by atomic mass is 16.5. The van der Waals surface area contributed by atoms with Crippen molar-refractivity contribution in [2.45, 2.75) is 25.4 Å². The van der Waals surface area contributed by atoms with Crippen molar-refractivity contribution >= 4 is 28.7 Å². The minimum atomic E-state index is -0.360. The first-order valence-electron chi connectivity index (χ1n) is 10.7. The first kappa shape index (κ1) is 19.3. The second-order valence-corrected chi connectivity index (χ2v) is 9.12. The maximum atomic E-state index is 13.0. The number of nitrogens with one attached hydrogen (secondary N) is 1. The van der Waals surface area contributed by atoms with Gasteiger partial charge in [-0.25, -0.2) is 4.79 Å². The van der Waals surface area contributed by atoms with E-state index >= 15 is 0 Å². The summed E-state index contributed by atoms with van der Waals surface area (Å²) in [4.78, 5) is 45.4. The van der Waals surface area contributed by atoms with Gasteiger partial charge in [0.1, 0.15) is 6.10 Å². The van der Waals surface area contributed by atoms with Gasteiger partial charge in [-0.1, -0.05) is 18.2 Å². The topological polar surface area (TPSA) is 82.7 Å². The van der Waals surface area contributed by atoms with Crippen LogP contribution in [-0.2, 0) is 14.3 Å². The molecule has 7 nitrogen and oxygen atoms in total. The molecule has 1 saturated heterocycles. The van der Waals surface area contributed by atoms with Crippen molar-refractivity contribution in [3.63, 3.8) is 0 Å². The van der Waals surface area contributed by atoms with E-state index in [1.54, 1.807) is 6.20 Å². The van der Waals surface area contributed by atoms with E-state index in [-0.39, 0.29) is 47.6 Å². The molecule has 3 aliphatic rings. The van der Waals surface area contributed by atoms with Gasteiger partial charge in [0, 0.05) is 29.6 Å². The van der Waals surface area contributed by atoms with Crippen LogP contribution in [0.3, 0.4) is 0 Å². The molecule has 5 rings (SSSR count). The monoisotopic (exact) mass is 409 g/mol. The number of nitrogens with zero attached hydrogens (tertiary/aromatic N) is 2. The lowest BCUT2D eigenvalue weighted by atomic mass is 9.79. The molecule has 7 heteroatoms. The van der Waals surface area contributed by atoms with Crippen LogP contribution >= 0.6 is 0 Å². The van der Waals surface area contributed by atoms with Gasteiger partial charge >= 0.3 is 5.97 Å². The number of imide groups is 1. The van der Waals surface area contributed by atoms with E-state index in [1.165, 1.54) is 4.90 Å². The van der Waals surface area contributed by atoms with Crippen molar-refractivity contribution in [1.82, 2.24) is 14.8 Å². The Morgan fingerprint density at radius 2 is 1.93 bits per heavy atom. The number of benzene rings is 1. The van der Waals surface area contributed by atoms with Crippen molar-refractivity contribution in [3.05, 3.63) is 36.0 Å². The van der Waals surface area contributed by atoms with Gasteiger partial charge in [-0.05, 0) is 51.9 Å². The number of para-hydroxylation sites is 1. The Balaban J connectivity index is 1.29. The predicted octanol–water partition coefficient (Wildman–Crippen LogP) is 2.29. The molecule has 30 heavy (non-hydrogen) atoms. The predicted molar refractivity (Wildman–Crippen MR) is 111 cm³/mol. The summed E-state index contributed by atoms with van der Waals surface area (Å²) in [6, 6.07) is 7.62. The maximum absolute atomic E-state index is 13.0. The number of H-pyrrole nitrogens is 1. The van der Waals surface area contributed by atoms with E-state index < -0.39 is 0 Å². The van der Waals surface area contributed by atoms with Crippen LogP contribution in [0.25, 0.3) is 10.9 Å². The molecule has 2 heterocycles. The van der Waals surface area contributed by atoms with Crippen LogP contribution in [0, 0.1) is 23.7 Å². The van der Waals surface area contributed by atoms with E-state index in [0.29, 0.717) is 18.5 Å². The van der Waals surface area contributed by atoms with Gasteiger partial charge in [-0.15, -0.1) is 0 Å². The number of aromatic amines is 1. The molecule has 2 bridgehead atoms. The molecule has 0 spiro atoms. The lowest BCUT2D eigenvalue weighted by Gasteiger charge is -2.28. The van der Waals surface area contributed by atoms with Crippen LogP contribution < -0.4 is 0 Å². The van der Waals surface area contributed by atoms with Crippen molar-refractivity contribution in [3.8, 4) is 0 Å². The minimum Gasteiger partial charge on any atom is -0.458 e. The Labute approximate surface area is 175 Å². The standard InChI is InChI=1S/C23H27N3O4/c1-25(2)8-5-9-26-21(27)19-13-10-15(20(19)22(26)28)18(11-13)30-23(29)16-12-24-17-7-4-3-6-14(16)17/h3-4,6-7,12-13,15,18-20,24H,5,8-11H2,1-2H3/t13-,15+,18?,19?,20?/m1/s1. The molecule has 1 aromatic carbocycles. The summed E-state index contributed by atoms with van der Waals surface area (Å²) >= 11 is 0. The lowest BCUT2D eigenvalue weighted by molar-refractivity contribution is -0.141. The van der Waals surface area contributed by atoms with E-state index in [9.17, 15) is 14.4 Å². The lowest BCUT2D eigenvalue weighted by Crippen LogP contribution is -2.37. The zero-order valence-electron chi connectivity index (χ0n) is 17.3. The van der Waals surface area contributed by atoms with Crippen molar-refractivity contribution in [1.29, 1.82) is 0 Å². The number of fused-ring (bicyclic) bond motifs is 6. The summed E-state index contributed by atoms with van der Waals surface area (Å²) < 4.78 is 5.89. The van der Waals surface area contributed by atoms with Crippen LogP contribution in [0.2, 0.25) is 0 Å². The Morgan fingerprint density at radius 3 is 2.73 bits per heavy atom. The van der Waals surface area contributed by atoms with Gasteiger partial charge in [0.2, 0.25) is 11.8 Å². The van der Waals surface area contributed by atoms with Crippen LogP contribution in [-0.4, -0.2) is 65.9 Å². The number of hydrogen-bond donors (Lipinski definition) is 1. The number of esters is 1. The fourth-order valence-electron chi connectivity index (χ4n) is 5.80. The molecule has 3 unspecified atom stereocenters. The molecule has 5 atom stereocenters. The third-order valence-electron chi connectivity index (χ3n) is 7.10. The van der Waals surface area contributed by atoms with Gasteiger partial charge in [-0.2, -0.15) is 0 Å². The van der Waals surface area contributed by atoms with Gasteiger partial charge in [0.15, 0.2) is 0 Å². The van der Waals surface area contributed by atoms with Gasteiger partial charge in [-0.3, -0.25) is 14.5 Å². The number of rotatable bonds is 6. The number of carbonyl (C=O) groups excluding carboxylic acids is 3. The maximum Gasteiger partial charge on any atom is 0.340 e. The van der Waals surface area contributed by atoms with Gasteiger partial charge in [0.05, 0.1) is 17.4 Å². The highest BCUT2D eigenvalue weighted by molar-refractivity contribution is 6.06. The number of aromatic nitrogens is 1. The Morgan fingerprint density at radius 1 is 1.17 bits per heavy atom. The van der Waals surface area contributed by atoms with Gasteiger partial charge < -0.3 is 14.6 Å². The molecule has 2 amide bonds. The second kappa shape index (κ2) is 7.23. The smallest absolute Gasteiger partial charge is 0.340 e. The first-order valence-corrected chi connectivity index (χ1v) is 10.7. The largest absolute Gasteiger partial charge is 0.458 e. The van der Waals surface area contributed by atoms with E-state index in [2.05, 4.69) is 9.88 Å². The molecule has 1 aliphatic heterocycles. The van der Waals surface area contributed by atoms with E-state index in [4.69, 9.17) is 4.74 Å². The highest BCUT2D eigenvalue weighted by Gasteiger charge is 2.64. The number of ether oxygens (including phenoxy) is 1. The van der Waals surface area contributed by atoms with E-state index in [1.807, 2.05) is 38.4 Å². The Kier molecular flexibility index (Phi) is 4.65. The van der Waals surface area contributed by atoms with Crippen molar-refractivity contribution < 1.29 is 19.1 Å². The number of hydrogen-bond acceptors (Lipinski definition) is 5. The normalized spacial score (nSPS) is 30.0. The van der Waals surface area contributed by atoms with E-state index in [0.717, 1.165) is 30.3 Å². The zero-order valence-corrected chi connectivity index (χ0v) is 17.3. The van der Waals surface area contributed by atoms with Crippen molar-refractivity contribution in [2.24, 2.45) is 23.7 Å². The molecular formula is C23H27N3O4. The third-order valence-corrected chi connectivity index (χ3v) is 7.10. The minimum absolute atomic E-state index is 0.0161. The molecule has 158 valence electrons. The SMILES string of the molecule is CN(C)CCCN1C(=O)C2C(C1=O)[C@H]1C[C@@H]2CC1OC(=O)c1c[nH]c2ccccc12. The third kappa shape index (κ3) is 2.95. The summed E-state index contributed by atoms with van der Waals surface area (Å²) in [6.07, 6.45) is 3.63. The molecule has 0 radical (unpaired) electrons. The van der Waals surface area contributed by atoms with Crippen molar-refractivity contribution in [2.75, 3.05) is 27.2 Å². The van der Waals surface area contributed by atoms with Crippen LogP contribution in [0.1, 0.15) is 29.6 Å². The molecule has 3 fully saturated rings. The fourth-order valence-corrected chi connectivity index (χ4v) is 5.80. The Bertz CT molecular complexity index is 1010. The average molecular weight is 409 g/mol. The summed E-state index contributed by atoms with van der Waals surface area (Å²) in [5.41, 5.74) is 1.41. The fraction of sp³-hybridized carbons (Fsp3) is 0.522. The summed E-state index contributed by atoms with van der Waals surface area (Å²) in [6.45, 7) is 1.31. The number of likely N-dealkylation sites (tertiary alicyclic amines) is 1. The molecule has 1 N–H and O–H groups in total. The summed E-state index contributed by atoms with van der Waals surface area (Å²) in [7, 11) is 3.96. The molecule has 2 saturated carbocycles. The molecule has 1 aromatic heterocycles. The second-order valence-electron chi connectivity index (χ2n) is 9.12. The van der Waals surface area contributed by atoms with Crippen LogP contribution in [0.5, 0.6) is 0 Å². The molecule has 2 aromatic rings. The Hall–Kier alpha value is -2.67. The number of amides is 2. The first-order chi connectivity index (χ1) is 14.5.